The molecule has 1 amide bonds. The van der Waals surface area contributed by atoms with Crippen LogP contribution in [0, 0.1) is 5.92 Å². The van der Waals surface area contributed by atoms with Crippen molar-refractivity contribution in [2.75, 3.05) is 5.75 Å². The summed E-state index contributed by atoms with van der Waals surface area (Å²) in [4.78, 5) is 11.8. The molecule has 0 atom stereocenters. The predicted molar refractivity (Wildman–Crippen MR) is 83.5 cm³/mol. The van der Waals surface area contributed by atoms with Crippen molar-refractivity contribution < 1.29 is 9.21 Å². The number of furan rings is 1. The Hall–Kier alpha value is -1.46. The minimum Gasteiger partial charge on any atom is -0.451 e. The largest absolute Gasteiger partial charge is 0.451 e. The summed E-state index contributed by atoms with van der Waals surface area (Å²) in [6.45, 7) is 4.42. The van der Waals surface area contributed by atoms with E-state index in [1.165, 1.54) is 6.42 Å². The third-order valence-corrected chi connectivity index (χ3v) is 4.14. The van der Waals surface area contributed by atoms with Crippen LogP contribution in [-0.2, 0) is 5.75 Å². The van der Waals surface area contributed by atoms with Gasteiger partial charge in [0.05, 0.1) is 0 Å². The van der Waals surface area contributed by atoms with Gasteiger partial charge in [0.25, 0.3) is 0 Å². The second-order valence-electron chi connectivity index (χ2n) is 5.11. The van der Waals surface area contributed by atoms with Gasteiger partial charge < -0.3 is 4.42 Å². The molecule has 0 aliphatic rings. The molecule has 108 valence electrons. The maximum atomic E-state index is 11.8. The van der Waals surface area contributed by atoms with Crippen molar-refractivity contribution >= 4 is 28.6 Å². The molecule has 0 unspecified atom stereocenters. The highest BCUT2D eigenvalue weighted by molar-refractivity contribution is 7.98. The first-order valence-electron chi connectivity index (χ1n) is 6.72. The van der Waals surface area contributed by atoms with E-state index in [9.17, 15) is 4.79 Å². The number of nitrogens with one attached hydrogen (secondary N) is 1. The summed E-state index contributed by atoms with van der Waals surface area (Å²) in [5.41, 5.74) is 3.80. The van der Waals surface area contributed by atoms with Gasteiger partial charge in [-0.05, 0) is 24.2 Å². The van der Waals surface area contributed by atoms with E-state index in [1.807, 2.05) is 36.0 Å². The molecule has 5 heteroatoms. The standard InChI is InChI=1S/C15H20N2O2S/c1-10(2)7-8-20-9-12-11-5-3-4-6-13(11)19-14(12)15(18)17-16/h3-6,10H,7-9,16H2,1-2H3,(H,17,18). The summed E-state index contributed by atoms with van der Waals surface area (Å²) in [5, 5.41) is 0.989. The first kappa shape index (κ1) is 14.9. The maximum absolute atomic E-state index is 11.8. The van der Waals surface area contributed by atoms with Gasteiger partial charge >= 0.3 is 5.91 Å². The first-order valence-corrected chi connectivity index (χ1v) is 7.88. The highest BCUT2D eigenvalue weighted by atomic mass is 32.2. The molecule has 1 aromatic heterocycles. The number of nitrogen functional groups attached to an aromatic ring is 1. The molecule has 1 aromatic carbocycles. The molecule has 0 aliphatic carbocycles. The van der Waals surface area contributed by atoms with E-state index in [0.29, 0.717) is 11.7 Å². The summed E-state index contributed by atoms with van der Waals surface area (Å²) in [6, 6.07) is 7.69. The smallest absolute Gasteiger partial charge is 0.301 e. The fraction of sp³-hybridized carbons (Fsp3) is 0.400. The number of para-hydroxylation sites is 1. The third kappa shape index (κ3) is 3.35. The van der Waals surface area contributed by atoms with Gasteiger partial charge in [-0.15, -0.1) is 0 Å². The fourth-order valence-corrected chi connectivity index (χ4v) is 3.26. The van der Waals surface area contributed by atoms with Crippen molar-refractivity contribution in [3.8, 4) is 0 Å². The highest BCUT2D eigenvalue weighted by Gasteiger charge is 2.19. The Morgan fingerprint density at radius 2 is 2.15 bits per heavy atom. The molecule has 2 aromatic rings. The Labute approximate surface area is 123 Å². The van der Waals surface area contributed by atoms with E-state index in [2.05, 4.69) is 19.3 Å². The number of hydrogen-bond acceptors (Lipinski definition) is 4. The number of carbonyl (C=O) groups is 1. The summed E-state index contributed by atoms with van der Waals surface area (Å²) in [5.74, 6) is 7.69. The van der Waals surface area contributed by atoms with Crippen molar-refractivity contribution in [1.29, 1.82) is 0 Å². The third-order valence-electron chi connectivity index (χ3n) is 3.12. The number of nitrogens with two attached hydrogens (primary N) is 1. The van der Waals surface area contributed by atoms with E-state index in [-0.39, 0.29) is 5.91 Å². The van der Waals surface area contributed by atoms with Crippen LogP contribution in [0.3, 0.4) is 0 Å². The van der Waals surface area contributed by atoms with Crippen LogP contribution >= 0.6 is 11.8 Å². The number of thioether (sulfide) groups is 1. The SMILES string of the molecule is CC(C)CCSCc1c(C(=O)NN)oc2ccccc12. The quantitative estimate of drug-likeness (QED) is 0.371. The van der Waals surface area contributed by atoms with Gasteiger partial charge in [-0.2, -0.15) is 11.8 Å². The van der Waals surface area contributed by atoms with Crippen LogP contribution < -0.4 is 11.3 Å². The van der Waals surface area contributed by atoms with E-state index in [4.69, 9.17) is 10.3 Å². The average Bonchev–Trinajstić information content (AvgIpc) is 2.81. The lowest BCUT2D eigenvalue weighted by atomic mass is 10.1. The number of carbonyl (C=O) groups excluding carboxylic acids is 1. The molecule has 20 heavy (non-hydrogen) atoms. The molecule has 0 spiro atoms. The van der Waals surface area contributed by atoms with Crippen LogP contribution in [0.25, 0.3) is 11.0 Å². The summed E-state index contributed by atoms with van der Waals surface area (Å²) >= 11 is 1.82. The number of hydrogen-bond donors (Lipinski definition) is 2. The normalized spacial score (nSPS) is 11.2. The highest BCUT2D eigenvalue weighted by Crippen LogP contribution is 2.29. The lowest BCUT2D eigenvalue weighted by Gasteiger charge is -2.05. The van der Waals surface area contributed by atoms with Crippen molar-refractivity contribution in [2.45, 2.75) is 26.0 Å². The second kappa shape index (κ2) is 6.81. The van der Waals surface area contributed by atoms with Gasteiger partial charge in [0, 0.05) is 16.7 Å². The zero-order valence-electron chi connectivity index (χ0n) is 11.8. The van der Waals surface area contributed by atoms with Crippen molar-refractivity contribution in [1.82, 2.24) is 5.43 Å². The van der Waals surface area contributed by atoms with Crippen LogP contribution in [0.2, 0.25) is 0 Å². The maximum Gasteiger partial charge on any atom is 0.301 e. The molecular weight excluding hydrogens is 272 g/mol. The lowest BCUT2D eigenvalue weighted by Crippen LogP contribution is -2.30. The fourth-order valence-electron chi connectivity index (χ4n) is 1.98. The summed E-state index contributed by atoms with van der Waals surface area (Å²) in [6.07, 6.45) is 1.17. The van der Waals surface area contributed by atoms with Crippen LogP contribution in [0.1, 0.15) is 36.4 Å². The zero-order valence-corrected chi connectivity index (χ0v) is 12.6. The second-order valence-corrected chi connectivity index (χ2v) is 6.22. The van der Waals surface area contributed by atoms with Gasteiger partial charge in [-0.1, -0.05) is 32.0 Å². The predicted octanol–water partition coefficient (Wildman–Crippen LogP) is 3.32. The van der Waals surface area contributed by atoms with Crippen molar-refractivity contribution in [3.05, 3.63) is 35.6 Å². The van der Waals surface area contributed by atoms with Gasteiger partial charge in [0.15, 0.2) is 5.76 Å². The molecule has 4 nitrogen and oxygen atoms in total. The zero-order chi connectivity index (χ0) is 14.5. The summed E-state index contributed by atoms with van der Waals surface area (Å²) < 4.78 is 5.62. The van der Waals surface area contributed by atoms with E-state index >= 15 is 0 Å². The van der Waals surface area contributed by atoms with Gasteiger partial charge in [-0.3, -0.25) is 10.2 Å². The molecule has 0 fully saturated rings. The molecule has 0 saturated heterocycles. The Kier molecular flexibility index (Phi) is 5.09. The Morgan fingerprint density at radius 1 is 1.40 bits per heavy atom. The van der Waals surface area contributed by atoms with Crippen LogP contribution in [0.15, 0.2) is 28.7 Å². The Morgan fingerprint density at radius 3 is 2.85 bits per heavy atom. The van der Waals surface area contributed by atoms with Gasteiger partial charge in [0.2, 0.25) is 0 Å². The Bertz CT molecular complexity index is 593. The molecule has 0 bridgehead atoms. The lowest BCUT2D eigenvalue weighted by molar-refractivity contribution is 0.0927. The number of amides is 1. The Balaban J connectivity index is 2.22. The molecule has 2 rings (SSSR count). The number of hydrazine groups is 1. The van der Waals surface area contributed by atoms with Gasteiger partial charge in [0.1, 0.15) is 5.58 Å². The summed E-state index contributed by atoms with van der Waals surface area (Å²) in [7, 11) is 0. The minimum absolute atomic E-state index is 0.325. The molecule has 0 saturated carbocycles. The topological polar surface area (TPSA) is 68.3 Å². The van der Waals surface area contributed by atoms with Crippen LogP contribution in [0.4, 0.5) is 0 Å². The van der Waals surface area contributed by atoms with Crippen molar-refractivity contribution in [2.24, 2.45) is 11.8 Å². The molecule has 0 radical (unpaired) electrons. The first-order chi connectivity index (χ1) is 9.63. The monoisotopic (exact) mass is 292 g/mol. The minimum atomic E-state index is -0.374. The van der Waals surface area contributed by atoms with E-state index in [1.54, 1.807) is 0 Å². The number of fused-ring (bicyclic) bond motifs is 1. The van der Waals surface area contributed by atoms with Crippen molar-refractivity contribution in [3.63, 3.8) is 0 Å². The molecule has 3 N–H and O–H groups in total. The van der Waals surface area contributed by atoms with Gasteiger partial charge in [-0.25, -0.2) is 5.84 Å². The average molecular weight is 292 g/mol. The van der Waals surface area contributed by atoms with Crippen LogP contribution in [-0.4, -0.2) is 11.7 Å². The molecular formula is C15H20N2O2S. The van der Waals surface area contributed by atoms with E-state index in [0.717, 1.165) is 28.0 Å². The molecule has 0 aliphatic heterocycles. The number of rotatable bonds is 6. The number of benzene rings is 1. The van der Waals surface area contributed by atoms with E-state index < -0.39 is 0 Å². The van der Waals surface area contributed by atoms with Crippen LogP contribution in [0.5, 0.6) is 0 Å². The molecule has 1 heterocycles.